The van der Waals surface area contributed by atoms with Crippen molar-refractivity contribution >= 4 is 11.8 Å². The molecular formula is C16H22O4. The van der Waals surface area contributed by atoms with Gasteiger partial charge in [0.25, 0.3) is 0 Å². The summed E-state index contributed by atoms with van der Waals surface area (Å²) in [6, 6.07) is 9.26. The van der Waals surface area contributed by atoms with Gasteiger partial charge in [0, 0.05) is 6.42 Å². The summed E-state index contributed by atoms with van der Waals surface area (Å²) < 4.78 is 10.6. The van der Waals surface area contributed by atoms with Gasteiger partial charge < -0.3 is 9.47 Å². The van der Waals surface area contributed by atoms with Crippen LogP contribution in [0.4, 0.5) is 0 Å². The smallest absolute Gasteiger partial charge is 0.316 e. The number of hydrogen-bond acceptors (Lipinski definition) is 4. The molecule has 1 unspecified atom stereocenters. The van der Waals surface area contributed by atoms with Crippen molar-refractivity contribution in [2.45, 2.75) is 39.7 Å². The Morgan fingerprint density at radius 1 is 1.15 bits per heavy atom. The van der Waals surface area contributed by atoms with Crippen molar-refractivity contribution in [3.05, 3.63) is 30.3 Å². The third kappa shape index (κ3) is 5.87. The van der Waals surface area contributed by atoms with Gasteiger partial charge >= 0.3 is 5.97 Å². The second-order valence-corrected chi connectivity index (χ2v) is 5.63. The molecule has 0 bridgehead atoms. The summed E-state index contributed by atoms with van der Waals surface area (Å²) in [7, 11) is 0. The molecule has 0 N–H and O–H groups in total. The number of esters is 1. The second-order valence-electron chi connectivity index (χ2n) is 5.63. The number of carbonyl (C=O) groups is 2. The standard InChI is InChI=1S/C16H22O4/c1-12(15(18)20-16(2,3)4)14(17)10-11-19-13-8-6-5-7-9-13/h5-9,12H,10-11H2,1-4H3. The number of carbonyl (C=O) groups excluding carboxylic acids is 2. The van der Waals surface area contributed by atoms with Gasteiger partial charge in [-0.15, -0.1) is 0 Å². The summed E-state index contributed by atoms with van der Waals surface area (Å²) in [5.74, 6) is -0.698. The monoisotopic (exact) mass is 278 g/mol. The first kappa shape index (κ1) is 16.2. The van der Waals surface area contributed by atoms with Gasteiger partial charge in [0.05, 0.1) is 6.61 Å². The van der Waals surface area contributed by atoms with E-state index in [0.29, 0.717) is 5.75 Å². The topological polar surface area (TPSA) is 52.6 Å². The van der Waals surface area contributed by atoms with E-state index >= 15 is 0 Å². The van der Waals surface area contributed by atoms with Crippen molar-refractivity contribution in [2.24, 2.45) is 5.92 Å². The molecule has 4 nitrogen and oxygen atoms in total. The average molecular weight is 278 g/mol. The van der Waals surface area contributed by atoms with Gasteiger partial charge in [0.2, 0.25) is 0 Å². The van der Waals surface area contributed by atoms with Crippen LogP contribution in [0.1, 0.15) is 34.1 Å². The normalized spacial score (nSPS) is 12.6. The Hall–Kier alpha value is -1.84. The molecule has 0 heterocycles. The Labute approximate surface area is 120 Å². The van der Waals surface area contributed by atoms with Gasteiger partial charge in [0.1, 0.15) is 23.1 Å². The Kier molecular flexibility index (Phi) is 5.74. The van der Waals surface area contributed by atoms with Crippen LogP contribution >= 0.6 is 0 Å². The molecule has 0 aliphatic carbocycles. The van der Waals surface area contributed by atoms with Gasteiger partial charge in [0.15, 0.2) is 0 Å². The highest BCUT2D eigenvalue weighted by atomic mass is 16.6. The van der Waals surface area contributed by atoms with Crippen LogP contribution in [-0.2, 0) is 14.3 Å². The highest BCUT2D eigenvalue weighted by molar-refractivity contribution is 5.98. The van der Waals surface area contributed by atoms with Crippen LogP contribution in [0.5, 0.6) is 5.75 Å². The first-order valence-corrected chi connectivity index (χ1v) is 6.73. The largest absolute Gasteiger partial charge is 0.493 e. The third-order valence-corrected chi connectivity index (χ3v) is 2.60. The minimum Gasteiger partial charge on any atom is -0.493 e. The molecule has 0 radical (unpaired) electrons. The molecular weight excluding hydrogens is 256 g/mol. The molecule has 20 heavy (non-hydrogen) atoms. The van der Waals surface area contributed by atoms with Crippen LogP contribution in [0, 0.1) is 5.92 Å². The van der Waals surface area contributed by atoms with E-state index in [1.54, 1.807) is 27.7 Å². The van der Waals surface area contributed by atoms with E-state index < -0.39 is 17.5 Å². The van der Waals surface area contributed by atoms with E-state index in [9.17, 15) is 9.59 Å². The molecule has 0 fully saturated rings. The lowest BCUT2D eigenvalue weighted by Gasteiger charge is -2.21. The second kappa shape index (κ2) is 7.08. The molecule has 1 aromatic carbocycles. The lowest BCUT2D eigenvalue weighted by Crippen LogP contribution is -2.31. The molecule has 0 saturated carbocycles. The maximum atomic E-state index is 11.9. The summed E-state index contributed by atoms with van der Waals surface area (Å²) in [6.45, 7) is 7.16. The number of para-hydroxylation sites is 1. The van der Waals surface area contributed by atoms with E-state index in [2.05, 4.69) is 0 Å². The fraction of sp³-hybridized carbons (Fsp3) is 0.500. The van der Waals surface area contributed by atoms with Gasteiger partial charge in [-0.3, -0.25) is 9.59 Å². The summed E-state index contributed by atoms with van der Waals surface area (Å²) in [6.07, 6.45) is 0.190. The molecule has 1 aromatic rings. The van der Waals surface area contributed by atoms with Crippen molar-refractivity contribution in [1.29, 1.82) is 0 Å². The summed E-state index contributed by atoms with van der Waals surface area (Å²) in [4.78, 5) is 23.6. The molecule has 0 aliphatic heterocycles. The van der Waals surface area contributed by atoms with Crippen LogP contribution in [0.15, 0.2) is 30.3 Å². The van der Waals surface area contributed by atoms with E-state index in [1.807, 2.05) is 30.3 Å². The Bertz CT molecular complexity index is 445. The van der Waals surface area contributed by atoms with Crippen LogP contribution in [0.2, 0.25) is 0 Å². The highest BCUT2D eigenvalue weighted by Crippen LogP contribution is 2.13. The van der Waals surface area contributed by atoms with Crippen molar-refractivity contribution < 1.29 is 19.1 Å². The molecule has 0 saturated heterocycles. The molecule has 110 valence electrons. The summed E-state index contributed by atoms with van der Waals surface area (Å²) in [5.41, 5.74) is -0.577. The Balaban J connectivity index is 2.37. The highest BCUT2D eigenvalue weighted by Gasteiger charge is 2.26. The Morgan fingerprint density at radius 2 is 1.75 bits per heavy atom. The van der Waals surface area contributed by atoms with Gasteiger partial charge in [-0.25, -0.2) is 0 Å². The number of Topliss-reactive ketones (excluding diaryl/α,β-unsaturated/α-hetero) is 1. The van der Waals surface area contributed by atoms with Crippen LogP contribution in [0.3, 0.4) is 0 Å². The average Bonchev–Trinajstić information content (AvgIpc) is 2.37. The zero-order valence-corrected chi connectivity index (χ0v) is 12.5. The summed E-state index contributed by atoms with van der Waals surface area (Å²) in [5, 5.41) is 0. The van der Waals surface area contributed by atoms with Crippen LogP contribution in [-0.4, -0.2) is 24.0 Å². The first-order chi connectivity index (χ1) is 9.29. The van der Waals surface area contributed by atoms with E-state index in [0.717, 1.165) is 0 Å². The lowest BCUT2D eigenvalue weighted by molar-refractivity contribution is -0.161. The fourth-order valence-electron chi connectivity index (χ4n) is 1.52. The summed E-state index contributed by atoms with van der Waals surface area (Å²) >= 11 is 0. The van der Waals surface area contributed by atoms with E-state index in [-0.39, 0.29) is 18.8 Å². The number of ether oxygens (including phenoxy) is 2. The predicted molar refractivity (Wildman–Crippen MR) is 76.6 cm³/mol. The van der Waals surface area contributed by atoms with E-state index in [4.69, 9.17) is 9.47 Å². The first-order valence-electron chi connectivity index (χ1n) is 6.73. The SMILES string of the molecule is CC(C(=O)CCOc1ccccc1)C(=O)OC(C)(C)C. The Morgan fingerprint density at radius 3 is 2.30 bits per heavy atom. The van der Waals surface area contributed by atoms with Crippen molar-refractivity contribution in [2.75, 3.05) is 6.61 Å². The lowest BCUT2D eigenvalue weighted by atomic mass is 10.0. The molecule has 0 aromatic heterocycles. The van der Waals surface area contributed by atoms with Gasteiger partial charge in [-0.2, -0.15) is 0 Å². The van der Waals surface area contributed by atoms with Crippen molar-refractivity contribution in [3.8, 4) is 5.75 Å². The maximum Gasteiger partial charge on any atom is 0.316 e. The molecule has 0 spiro atoms. The number of hydrogen-bond donors (Lipinski definition) is 0. The zero-order chi connectivity index (χ0) is 15.2. The zero-order valence-electron chi connectivity index (χ0n) is 12.5. The quantitative estimate of drug-likeness (QED) is 0.593. The van der Waals surface area contributed by atoms with Crippen LogP contribution < -0.4 is 4.74 Å². The minimum atomic E-state index is -0.756. The van der Waals surface area contributed by atoms with Crippen LogP contribution in [0.25, 0.3) is 0 Å². The minimum absolute atomic E-state index is 0.171. The molecule has 4 heteroatoms. The van der Waals surface area contributed by atoms with E-state index in [1.165, 1.54) is 0 Å². The molecule has 0 amide bonds. The third-order valence-electron chi connectivity index (χ3n) is 2.60. The number of rotatable bonds is 6. The van der Waals surface area contributed by atoms with Gasteiger partial charge in [-0.05, 0) is 39.8 Å². The number of benzene rings is 1. The van der Waals surface area contributed by atoms with Crippen molar-refractivity contribution in [3.63, 3.8) is 0 Å². The molecule has 1 rings (SSSR count). The predicted octanol–water partition coefficient (Wildman–Crippen LogP) is 3.00. The molecule has 1 atom stereocenters. The molecule has 0 aliphatic rings. The van der Waals surface area contributed by atoms with Crippen molar-refractivity contribution in [1.82, 2.24) is 0 Å². The number of ketones is 1. The maximum absolute atomic E-state index is 11.9. The fourth-order valence-corrected chi connectivity index (χ4v) is 1.52. The van der Waals surface area contributed by atoms with Gasteiger partial charge in [-0.1, -0.05) is 18.2 Å².